The van der Waals surface area contributed by atoms with Crippen molar-refractivity contribution < 1.29 is 33.5 Å². The van der Waals surface area contributed by atoms with Crippen LogP contribution < -0.4 is 28.7 Å². The molecule has 0 spiro atoms. The molecule has 0 aliphatic heterocycles. The molecule has 0 bridgehead atoms. The molecular weight excluding hydrogens is 321 g/mol. The maximum Gasteiger partial charge on any atom is 1.00 e. The summed E-state index contributed by atoms with van der Waals surface area (Å²) in [6, 6.07) is 17.1. The number of likely N-dealkylation sites (N-methyl/N-ethyl adjacent to an activating group) is 1. The van der Waals surface area contributed by atoms with Gasteiger partial charge in [0, 0.05) is 19.5 Å². The third-order valence-corrected chi connectivity index (χ3v) is 3.76. The van der Waals surface area contributed by atoms with Crippen molar-refractivity contribution in [3.63, 3.8) is 0 Å². The Hall–Kier alpha value is -1.44. The van der Waals surface area contributed by atoms with Gasteiger partial charge in [0.15, 0.2) is 0 Å². The van der Waals surface area contributed by atoms with Gasteiger partial charge in [0.05, 0.1) is 11.0 Å². The molecule has 0 amide bonds. The zero-order chi connectivity index (χ0) is 16.7. The zero-order valence-corrected chi connectivity index (χ0v) is 14.7. The largest absolute Gasteiger partial charge is 1.00 e. The van der Waals surface area contributed by atoms with Gasteiger partial charge in [-0.2, -0.15) is 0 Å². The van der Waals surface area contributed by atoms with Crippen LogP contribution in [0.15, 0.2) is 54.6 Å². The van der Waals surface area contributed by atoms with Crippen LogP contribution >= 0.6 is 11.6 Å². The topological polar surface area (TPSA) is 52.6 Å². The molecule has 0 aromatic heterocycles. The number of carboxylic acid groups (broad SMARTS) is 1. The zero-order valence-electron chi connectivity index (χ0n) is 13.9. The smallest absolute Gasteiger partial charge is 0.549 e. The number of hydrogen-bond acceptors (Lipinski definition) is 4. The molecular formula is C18H19ClLiNO3. The van der Waals surface area contributed by atoms with Crippen molar-refractivity contribution in [2.75, 3.05) is 20.1 Å². The summed E-state index contributed by atoms with van der Waals surface area (Å²) in [6.45, 7) is 0.464. The van der Waals surface area contributed by atoms with Crippen molar-refractivity contribution >= 4 is 17.6 Å². The first-order chi connectivity index (χ1) is 11.1. The molecule has 122 valence electrons. The van der Waals surface area contributed by atoms with E-state index in [0.29, 0.717) is 23.7 Å². The number of carboxylic acids is 1. The average molecular weight is 340 g/mol. The molecule has 0 aliphatic carbocycles. The molecule has 0 saturated heterocycles. The number of hydrogen-bond donors (Lipinski definition) is 0. The number of para-hydroxylation sites is 1. The van der Waals surface area contributed by atoms with E-state index >= 15 is 0 Å². The minimum atomic E-state index is -1.09. The van der Waals surface area contributed by atoms with Crippen molar-refractivity contribution in [3.05, 3.63) is 65.2 Å². The van der Waals surface area contributed by atoms with Crippen molar-refractivity contribution in [2.24, 2.45) is 0 Å². The molecule has 0 fully saturated rings. The van der Waals surface area contributed by atoms with Crippen LogP contribution in [0.2, 0.25) is 5.02 Å². The number of nitrogens with zero attached hydrogens (tertiary/aromatic N) is 1. The van der Waals surface area contributed by atoms with Crippen LogP contribution in [0.5, 0.6) is 5.75 Å². The molecule has 24 heavy (non-hydrogen) atoms. The van der Waals surface area contributed by atoms with Crippen LogP contribution in [0.1, 0.15) is 18.1 Å². The van der Waals surface area contributed by atoms with Crippen molar-refractivity contribution in [1.29, 1.82) is 0 Å². The Balaban J connectivity index is 0.00000288. The average Bonchev–Trinajstić information content (AvgIpc) is 2.53. The standard InChI is InChI=1S/C18H20ClNO3.Li/c1-20(13-18(21)22)12-11-16(14-7-3-2-4-8-14)23-17-10-6-5-9-15(17)19;/h2-10,16H,11-13H2,1H3,(H,21,22);/q;+1/p-1. The third-order valence-electron chi connectivity index (χ3n) is 3.45. The summed E-state index contributed by atoms with van der Waals surface area (Å²) in [7, 11) is 1.74. The first-order valence-corrected chi connectivity index (χ1v) is 7.78. The molecule has 4 nitrogen and oxygen atoms in total. The van der Waals surface area contributed by atoms with Gasteiger partial charge in [-0.1, -0.05) is 54.1 Å². The van der Waals surface area contributed by atoms with Crippen LogP contribution in [-0.4, -0.2) is 31.0 Å². The summed E-state index contributed by atoms with van der Waals surface area (Å²) in [4.78, 5) is 12.4. The summed E-state index contributed by atoms with van der Waals surface area (Å²) in [5.74, 6) is -0.471. The molecule has 2 aromatic rings. The van der Waals surface area contributed by atoms with E-state index in [1.807, 2.05) is 48.5 Å². The summed E-state index contributed by atoms with van der Waals surface area (Å²) < 4.78 is 6.07. The predicted molar refractivity (Wildman–Crippen MR) is 88.4 cm³/mol. The molecule has 2 rings (SSSR count). The Bertz CT molecular complexity index is 639. The minimum Gasteiger partial charge on any atom is -0.549 e. The van der Waals surface area contributed by atoms with E-state index in [2.05, 4.69) is 0 Å². The second kappa shape index (κ2) is 10.4. The summed E-state index contributed by atoms with van der Waals surface area (Å²) in [5, 5.41) is 11.2. The fraction of sp³-hybridized carbons (Fsp3) is 0.278. The maximum absolute atomic E-state index is 10.7. The van der Waals surface area contributed by atoms with Crippen LogP contribution in [0, 0.1) is 0 Å². The normalized spacial score (nSPS) is 11.6. The minimum absolute atomic E-state index is 0. The first-order valence-electron chi connectivity index (χ1n) is 7.41. The van der Waals surface area contributed by atoms with Crippen LogP contribution in [0.4, 0.5) is 0 Å². The van der Waals surface area contributed by atoms with Crippen molar-refractivity contribution in [3.8, 4) is 5.75 Å². The molecule has 0 N–H and O–H groups in total. The van der Waals surface area contributed by atoms with Crippen LogP contribution in [0.3, 0.4) is 0 Å². The van der Waals surface area contributed by atoms with Crippen LogP contribution in [-0.2, 0) is 4.79 Å². The van der Waals surface area contributed by atoms with E-state index < -0.39 is 5.97 Å². The molecule has 6 heteroatoms. The number of carbonyl (C=O) groups excluding carboxylic acids is 1. The van der Waals surface area contributed by atoms with Gasteiger partial charge in [-0.05, 0) is 24.7 Å². The van der Waals surface area contributed by atoms with E-state index in [1.54, 1.807) is 18.0 Å². The second-order valence-electron chi connectivity index (χ2n) is 5.35. The number of ether oxygens (including phenoxy) is 1. The fourth-order valence-corrected chi connectivity index (χ4v) is 2.47. The number of benzene rings is 2. The summed E-state index contributed by atoms with van der Waals surface area (Å²) in [5.41, 5.74) is 1.02. The molecule has 0 radical (unpaired) electrons. The number of carbonyl (C=O) groups is 1. The van der Waals surface area contributed by atoms with E-state index in [4.69, 9.17) is 16.3 Å². The molecule has 1 unspecified atom stereocenters. The fourth-order valence-electron chi connectivity index (χ4n) is 2.29. The number of aliphatic carboxylic acids is 1. The summed E-state index contributed by atoms with van der Waals surface area (Å²) in [6.07, 6.45) is 0.430. The summed E-state index contributed by atoms with van der Waals surface area (Å²) >= 11 is 6.17. The predicted octanol–water partition coefficient (Wildman–Crippen LogP) is -0.464. The van der Waals surface area contributed by atoms with Gasteiger partial charge >= 0.3 is 18.9 Å². The molecule has 1 atom stereocenters. The Morgan fingerprint density at radius 1 is 1.17 bits per heavy atom. The van der Waals surface area contributed by atoms with Crippen molar-refractivity contribution in [1.82, 2.24) is 4.90 Å². The molecule has 0 aliphatic rings. The molecule has 0 saturated carbocycles. The monoisotopic (exact) mass is 339 g/mol. The van der Waals surface area contributed by atoms with Crippen molar-refractivity contribution in [2.45, 2.75) is 12.5 Å². The molecule has 0 heterocycles. The van der Waals surface area contributed by atoms with Gasteiger partial charge in [0.1, 0.15) is 11.9 Å². The molecule has 2 aromatic carbocycles. The van der Waals surface area contributed by atoms with Gasteiger partial charge in [-0.25, -0.2) is 0 Å². The Morgan fingerprint density at radius 3 is 2.42 bits per heavy atom. The number of halogens is 1. The maximum atomic E-state index is 10.7. The van der Waals surface area contributed by atoms with E-state index in [9.17, 15) is 9.90 Å². The Kier molecular flexibility index (Phi) is 8.95. The van der Waals surface area contributed by atoms with Crippen LogP contribution in [0.25, 0.3) is 0 Å². The van der Waals surface area contributed by atoms with Gasteiger partial charge < -0.3 is 19.5 Å². The van der Waals surface area contributed by atoms with E-state index in [-0.39, 0.29) is 31.5 Å². The van der Waals surface area contributed by atoms with Gasteiger partial charge in [0.25, 0.3) is 0 Å². The van der Waals surface area contributed by atoms with E-state index in [0.717, 1.165) is 5.56 Å². The SMILES string of the molecule is CN(CCC(Oc1ccccc1Cl)c1ccccc1)CC(=O)[O-].[Li+]. The Labute approximate surface area is 159 Å². The first kappa shape index (κ1) is 20.6. The van der Waals surface area contributed by atoms with Gasteiger partial charge in [-0.15, -0.1) is 0 Å². The number of rotatable bonds is 8. The Morgan fingerprint density at radius 2 is 1.79 bits per heavy atom. The van der Waals surface area contributed by atoms with Gasteiger partial charge in [-0.3, -0.25) is 0 Å². The van der Waals surface area contributed by atoms with Gasteiger partial charge in [0.2, 0.25) is 0 Å². The second-order valence-corrected chi connectivity index (χ2v) is 5.75. The third kappa shape index (κ3) is 6.58. The van der Waals surface area contributed by atoms with E-state index in [1.165, 1.54) is 0 Å². The quantitative estimate of drug-likeness (QED) is 0.611.